The number of fused-ring (bicyclic) bond motifs is 1. The van der Waals surface area contributed by atoms with Gasteiger partial charge in [0.2, 0.25) is 0 Å². The first-order valence-corrected chi connectivity index (χ1v) is 12.2. The van der Waals surface area contributed by atoms with Gasteiger partial charge in [-0.25, -0.2) is 4.98 Å². The summed E-state index contributed by atoms with van der Waals surface area (Å²) in [5, 5.41) is 4.25. The number of ketones is 1. The molecule has 1 fully saturated rings. The third-order valence-electron chi connectivity index (χ3n) is 6.31. The van der Waals surface area contributed by atoms with Gasteiger partial charge < -0.3 is 14.2 Å². The molecule has 39 heavy (non-hydrogen) atoms. The molecule has 1 aliphatic carbocycles. The Balaban J connectivity index is 1.41. The summed E-state index contributed by atoms with van der Waals surface area (Å²) in [6, 6.07) is 6.87. The number of halogens is 3. The zero-order valence-corrected chi connectivity index (χ0v) is 21.2. The molecule has 4 aromatic rings. The lowest BCUT2D eigenvalue weighted by atomic mass is 10.0. The normalized spacial score (nSPS) is 13.5. The lowest BCUT2D eigenvalue weighted by Crippen LogP contribution is -2.14. The maximum Gasteiger partial charge on any atom is 0.389 e. The van der Waals surface area contributed by atoms with Crippen molar-refractivity contribution in [2.24, 2.45) is 0 Å². The van der Waals surface area contributed by atoms with Crippen LogP contribution in [0.15, 0.2) is 49.1 Å². The standard InChI is InChI=1S/C27H25F3N4O5/c1-37-22-9-17(10-23(38-2)26(22)21(35)5-7-27(28,29)30)20-13-31-24-11-16(6-8-34(20)24)18-12-32-33(14-18)15-25(36)39-19-3-4-19/h6,8-14,19H,3-5,7,15H2,1-2H3. The van der Waals surface area contributed by atoms with E-state index in [1.807, 2.05) is 22.7 Å². The number of pyridine rings is 1. The smallest absolute Gasteiger partial charge is 0.389 e. The van der Waals surface area contributed by atoms with Gasteiger partial charge in [0.05, 0.1) is 38.7 Å². The highest BCUT2D eigenvalue weighted by Gasteiger charge is 2.30. The van der Waals surface area contributed by atoms with Crippen LogP contribution in [-0.4, -0.2) is 57.4 Å². The van der Waals surface area contributed by atoms with Crippen molar-refractivity contribution in [1.29, 1.82) is 0 Å². The zero-order valence-electron chi connectivity index (χ0n) is 21.2. The van der Waals surface area contributed by atoms with E-state index in [9.17, 15) is 22.8 Å². The summed E-state index contributed by atoms with van der Waals surface area (Å²) in [6.07, 6.45) is 2.31. The van der Waals surface area contributed by atoms with Crippen molar-refractivity contribution in [3.05, 3.63) is 54.6 Å². The summed E-state index contributed by atoms with van der Waals surface area (Å²) >= 11 is 0. The van der Waals surface area contributed by atoms with Crippen LogP contribution in [-0.2, 0) is 16.1 Å². The van der Waals surface area contributed by atoms with Gasteiger partial charge in [-0.05, 0) is 42.7 Å². The molecule has 3 aromatic heterocycles. The predicted molar refractivity (Wildman–Crippen MR) is 134 cm³/mol. The number of aromatic nitrogens is 4. The monoisotopic (exact) mass is 542 g/mol. The molecule has 12 heteroatoms. The number of imidazole rings is 1. The summed E-state index contributed by atoms with van der Waals surface area (Å²) in [6.45, 7) is 0.0324. The maximum absolute atomic E-state index is 12.7. The van der Waals surface area contributed by atoms with Crippen molar-refractivity contribution < 1.29 is 37.0 Å². The van der Waals surface area contributed by atoms with Gasteiger partial charge in [0.15, 0.2) is 5.78 Å². The molecule has 1 saturated carbocycles. The van der Waals surface area contributed by atoms with E-state index in [0.717, 1.165) is 24.0 Å². The SMILES string of the molecule is COc1cc(-c2cnc3cc(-c4cnn(CC(=O)OC5CC5)c4)ccn23)cc(OC)c1C(=O)CCC(F)(F)F. The van der Waals surface area contributed by atoms with Gasteiger partial charge in [0.25, 0.3) is 0 Å². The number of ether oxygens (including phenoxy) is 3. The molecule has 0 spiro atoms. The summed E-state index contributed by atoms with van der Waals surface area (Å²) in [5.41, 5.74) is 3.46. The van der Waals surface area contributed by atoms with Gasteiger partial charge in [-0.1, -0.05) is 0 Å². The van der Waals surface area contributed by atoms with Crippen LogP contribution in [0.5, 0.6) is 11.5 Å². The summed E-state index contributed by atoms with van der Waals surface area (Å²) in [7, 11) is 2.68. The lowest BCUT2D eigenvalue weighted by molar-refractivity contribution is -0.145. The first-order chi connectivity index (χ1) is 18.6. The molecule has 0 amide bonds. The zero-order chi connectivity index (χ0) is 27.7. The highest BCUT2D eigenvalue weighted by Crippen LogP contribution is 2.37. The van der Waals surface area contributed by atoms with Crippen molar-refractivity contribution in [2.45, 2.75) is 44.5 Å². The molecule has 0 bridgehead atoms. The van der Waals surface area contributed by atoms with Crippen LogP contribution in [0.25, 0.3) is 28.0 Å². The number of nitrogens with zero attached hydrogens (tertiary/aromatic N) is 4. The van der Waals surface area contributed by atoms with E-state index in [0.29, 0.717) is 16.9 Å². The number of Topliss-reactive ketones (excluding diaryl/α,β-unsaturated/α-hetero) is 1. The van der Waals surface area contributed by atoms with Crippen molar-refractivity contribution >= 4 is 17.4 Å². The van der Waals surface area contributed by atoms with Gasteiger partial charge in [0, 0.05) is 29.9 Å². The van der Waals surface area contributed by atoms with Crippen molar-refractivity contribution in [3.63, 3.8) is 0 Å². The van der Waals surface area contributed by atoms with E-state index in [1.165, 1.54) is 18.9 Å². The molecule has 0 N–H and O–H groups in total. The minimum absolute atomic E-state index is 0.0324. The number of hydrogen-bond donors (Lipinski definition) is 0. The third-order valence-corrected chi connectivity index (χ3v) is 6.31. The number of carbonyl (C=O) groups is 2. The maximum atomic E-state index is 12.7. The molecular formula is C27H25F3N4O5. The molecule has 0 saturated heterocycles. The second-order valence-corrected chi connectivity index (χ2v) is 9.20. The van der Waals surface area contributed by atoms with Crippen LogP contribution in [0.2, 0.25) is 0 Å². The van der Waals surface area contributed by atoms with Crippen molar-refractivity contribution in [1.82, 2.24) is 19.2 Å². The minimum atomic E-state index is -4.45. The van der Waals surface area contributed by atoms with Crippen LogP contribution in [0.3, 0.4) is 0 Å². The Morgan fingerprint density at radius 1 is 1.03 bits per heavy atom. The largest absolute Gasteiger partial charge is 0.496 e. The highest BCUT2D eigenvalue weighted by molar-refractivity contribution is 6.02. The summed E-state index contributed by atoms with van der Waals surface area (Å²) in [5.74, 6) is -0.831. The number of benzene rings is 1. The second kappa shape index (κ2) is 10.4. The van der Waals surface area contributed by atoms with Crippen LogP contribution in [0.4, 0.5) is 13.2 Å². The molecule has 0 radical (unpaired) electrons. The average Bonchev–Trinajstić information content (AvgIpc) is 3.42. The summed E-state index contributed by atoms with van der Waals surface area (Å²) in [4.78, 5) is 29.1. The summed E-state index contributed by atoms with van der Waals surface area (Å²) < 4.78 is 57.4. The molecule has 0 atom stereocenters. The predicted octanol–water partition coefficient (Wildman–Crippen LogP) is 5.11. The molecule has 1 aliphatic rings. The van der Waals surface area contributed by atoms with Gasteiger partial charge in [-0.2, -0.15) is 18.3 Å². The van der Waals surface area contributed by atoms with Crippen molar-refractivity contribution in [3.8, 4) is 33.9 Å². The minimum Gasteiger partial charge on any atom is -0.496 e. The highest BCUT2D eigenvalue weighted by atomic mass is 19.4. The number of rotatable bonds is 10. The fourth-order valence-electron chi connectivity index (χ4n) is 4.23. The molecule has 3 heterocycles. The van der Waals surface area contributed by atoms with Crippen LogP contribution in [0.1, 0.15) is 36.0 Å². The number of hydrogen-bond acceptors (Lipinski definition) is 7. The first kappa shape index (κ1) is 26.3. The Morgan fingerprint density at radius 3 is 2.38 bits per heavy atom. The average molecular weight is 543 g/mol. The Labute approximate surface area is 221 Å². The third kappa shape index (κ3) is 5.89. The Morgan fingerprint density at radius 2 is 1.74 bits per heavy atom. The quantitative estimate of drug-likeness (QED) is 0.203. The molecule has 204 valence electrons. The van der Waals surface area contributed by atoms with E-state index in [2.05, 4.69) is 10.1 Å². The molecule has 5 rings (SSSR count). The van der Waals surface area contributed by atoms with Gasteiger partial charge in [-0.15, -0.1) is 0 Å². The molecule has 0 aliphatic heterocycles. The number of esters is 1. The van der Waals surface area contributed by atoms with Gasteiger partial charge in [-0.3, -0.25) is 18.7 Å². The van der Waals surface area contributed by atoms with Crippen LogP contribution >= 0.6 is 0 Å². The van der Waals surface area contributed by atoms with E-state index in [4.69, 9.17) is 14.2 Å². The topological polar surface area (TPSA) is 97.0 Å². The van der Waals surface area contributed by atoms with E-state index < -0.39 is 24.8 Å². The number of methoxy groups -OCH3 is 2. The molecule has 0 unspecified atom stereocenters. The fourth-order valence-corrected chi connectivity index (χ4v) is 4.23. The van der Waals surface area contributed by atoms with E-state index in [1.54, 1.807) is 30.7 Å². The molecule has 1 aromatic carbocycles. The van der Waals surface area contributed by atoms with Gasteiger partial charge >= 0.3 is 12.1 Å². The van der Waals surface area contributed by atoms with Crippen LogP contribution < -0.4 is 9.47 Å². The van der Waals surface area contributed by atoms with E-state index in [-0.39, 0.29) is 35.7 Å². The van der Waals surface area contributed by atoms with Crippen LogP contribution in [0, 0.1) is 0 Å². The molecule has 9 nitrogen and oxygen atoms in total. The van der Waals surface area contributed by atoms with E-state index >= 15 is 0 Å². The Kier molecular flexibility index (Phi) is 7.02. The number of carbonyl (C=O) groups excluding carboxylic acids is 2. The Bertz CT molecular complexity index is 1510. The fraction of sp³-hybridized carbons (Fsp3) is 0.333. The Hall–Kier alpha value is -4.35. The number of alkyl halides is 3. The second-order valence-electron chi connectivity index (χ2n) is 9.20. The van der Waals surface area contributed by atoms with Crippen molar-refractivity contribution in [2.75, 3.05) is 14.2 Å². The first-order valence-electron chi connectivity index (χ1n) is 12.2. The molecular weight excluding hydrogens is 517 g/mol. The van der Waals surface area contributed by atoms with Gasteiger partial charge in [0.1, 0.15) is 35.4 Å². The lowest BCUT2D eigenvalue weighted by Gasteiger charge is -2.15.